The summed E-state index contributed by atoms with van der Waals surface area (Å²) in [6.07, 6.45) is 17.1. The Bertz CT molecular complexity index is 725. The number of hydrogen-bond acceptors (Lipinski definition) is 1. The summed E-state index contributed by atoms with van der Waals surface area (Å²) in [5.41, 5.74) is 5.88. The predicted octanol–water partition coefficient (Wildman–Crippen LogP) is 7.47. The molecule has 7 atom stereocenters. The van der Waals surface area contributed by atoms with E-state index in [0.717, 1.165) is 43.4 Å². The summed E-state index contributed by atoms with van der Waals surface area (Å²) < 4.78 is 0. The largest absolute Gasteiger partial charge is 0.393 e. The van der Waals surface area contributed by atoms with Gasteiger partial charge in [0.1, 0.15) is 0 Å². The van der Waals surface area contributed by atoms with Gasteiger partial charge in [-0.1, -0.05) is 76.5 Å². The predicted molar refractivity (Wildman–Crippen MR) is 124 cm³/mol. The molecule has 0 aromatic rings. The molecule has 0 unspecified atom stereocenters. The molecule has 4 aliphatic rings. The Balaban J connectivity index is 1.57. The Morgan fingerprint density at radius 2 is 1.79 bits per heavy atom. The zero-order valence-corrected chi connectivity index (χ0v) is 19.8. The summed E-state index contributed by atoms with van der Waals surface area (Å²) in [7, 11) is 0. The van der Waals surface area contributed by atoms with Crippen LogP contribution in [-0.4, -0.2) is 11.2 Å². The molecule has 29 heavy (non-hydrogen) atoms. The fourth-order valence-electron chi connectivity index (χ4n) is 7.51. The van der Waals surface area contributed by atoms with Crippen LogP contribution in [0.1, 0.15) is 92.9 Å². The molecule has 1 N–H and O–H groups in total. The van der Waals surface area contributed by atoms with Crippen molar-refractivity contribution in [3.63, 3.8) is 0 Å². The van der Waals surface area contributed by atoms with Crippen molar-refractivity contribution in [1.29, 1.82) is 0 Å². The first-order chi connectivity index (χ1) is 13.7. The Morgan fingerprint density at radius 3 is 2.52 bits per heavy atom. The van der Waals surface area contributed by atoms with Gasteiger partial charge in [0.2, 0.25) is 0 Å². The van der Waals surface area contributed by atoms with E-state index in [2.05, 4.69) is 59.8 Å². The minimum absolute atomic E-state index is 0.109. The number of rotatable bonds is 4. The molecule has 2 saturated carbocycles. The van der Waals surface area contributed by atoms with Gasteiger partial charge in [-0.05, 0) is 86.4 Å². The van der Waals surface area contributed by atoms with Crippen molar-refractivity contribution in [2.75, 3.05) is 0 Å². The molecule has 0 saturated heterocycles. The highest BCUT2D eigenvalue weighted by Crippen LogP contribution is 2.64. The maximum atomic E-state index is 10.2. The van der Waals surface area contributed by atoms with Crippen LogP contribution >= 0.6 is 0 Å². The smallest absolute Gasteiger partial charge is 0.0578 e. The van der Waals surface area contributed by atoms with Gasteiger partial charge in [0.05, 0.1) is 6.10 Å². The average Bonchev–Trinajstić information content (AvgIpc) is 3.03. The van der Waals surface area contributed by atoms with E-state index in [0.29, 0.717) is 17.3 Å². The molecule has 0 heterocycles. The number of aliphatic hydroxyl groups is 1. The maximum Gasteiger partial charge on any atom is 0.0578 e. The lowest BCUT2D eigenvalue weighted by Gasteiger charge is -2.52. The first-order valence-electron chi connectivity index (χ1n) is 12.4. The molecule has 0 amide bonds. The van der Waals surface area contributed by atoms with Crippen molar-refractivity contribution < 1.29 is 5.11 Å². The average molecular weight is 397 g/mol. The maximum absolute atomic E-state index is 10.2. The van der Waals surface area contributed by atoms with Crippen molar-refractivity contribution in [2.24, 2.45) is 40.4 Å². The third-order valence-electron chi connectivity index (χ3n) is 9.91. The van der Waals surface area contributed by atoms with Crippen LogP contribution in [0.25, 0.3) is 0 Å². The van der Waals surface area contributed by atoms with E-state index in [1.807, 2.05) is 5.57 Å². The van der Waals surface area contributed by atoms with Crippen LogP contribution in [0, 0.1) is 40.4 Å². The second kappa shape index (κ2) is 7.70. The van der Waals surface area contributed by atoms with Gasteiger partial charge in [-0.15, -0.1) is 0 Å². The second-order valence-corrected chi connectivity index (χ2v) is 11.8. The van der Waals surface area contributed by atoms with Crippen LogP contribution in [0.4, 0.5) is 0 Å². The second-order valence-electron chi connectivity index (χ2n) is 11.8. The van der Waals surface area contributed by atoms with Gasteiger partial charge in [-0.2, -0.15) is 0 Å². The molecule has 1 heteroatoms. The van der Waals surface area contributed by atoms with Crippen LogP contribution in [0.15, 0.2) is 34.9 Å². The van der Waals surface area contributed by atoms with Gasteiger partial charge in [0.15, 0.2) is 0 Å². The minimum atomic E-state index is -0.109. The van der Waals surface area contributed by atoms with E-state index in [-0.39, 0.29) is 11.5 Å². The van der Waals surface area contributed by atoms with Crippen molar-refractivity contribution >= 4 is 0 Å². The quantitative estimate of drug-likeness (QED) is 0.488. The lowest BCUT2D eigenvalue weighted by Crippen LogP contribution is -2.41. The summed E-state index contributed by atoms with van der Waals surface area (Å²) >= 11 is 0. The molecular formula is C28H44O. The van der Waals surface area contributed by atoms with Crippen molar-refractivity contribution in [3.8, 4) is 0 Å². The molecule has 2 fully saturated rings. The van der Waals surface area contributed by atoms with E-state index in [4.69, 9.17) is 0 Å². The summed E-state index contributed by atoms with van der Waals surface area (Å²) in [4.78, 5) is 0. The van der Waals surface area contributed by atoms with E-state index < -0.39 is 0 Å². The molecule has 0 aromatic heterocycles. The molecule has 0 radical (unpaired) electrons. The molecular weight excluding hydrogens is 352 g/mol. The summed E-state index contributed by atoms with van der Waals surface area (Å²) in [5.74, 6) is 3.69. The third-order valence-corrected chi connectivity index (χ3v) is 9.91. The minimum Gasteiger partial charge on any atom is -0.393 e. The van der Waals surface area contributed by atoms with Gasteiger partial charge >= 0.3 is 0 Å². The Hall–Kier alpha value is -0.820. The Kier molecular flexibility index (Phi) is 5.69. The van der Waals surface area contributed by atoms with Crippen molar-refractivity contribution in [3.05, 3.63) is 34.9 Å². The summed E-state index contributed by atoms with van der Waals surface area (Å²) in [6.45, 7) is 14.6. The van der Waals surface area contributed by atoms with E-state index in [1.54, 1.807) is 11.1 Å². The number of hydrogen-bond donors (Lipinski definition) is 1. The molecule has 0 aliphatic heterocycles. The van der Waals surface area contributed by atoms with Gasteiger partial charge < -0.3 is 5.11 Å². The zero-order valence-electron chi connectivity index (χ0n) is 19.8. The van der Waals surface area contributed by atoms with Crippen LogP contribution in [0.3, 0.4) is 0 Å². The fourth-order valence-corrected chi connectivity index (χ4v) is 7.51. The van der Waals surface area contributed by atoms with Crippen molar-refractivity contribution in [2.45, 2.75) is 99.0 Å². The van der Waals surface area contributed by atoms with E-state index in [9.17, 15) is 5.11 Å². The summed E-state index contributed by atoms with van der Waals surface area (Å²) in [6, 6.07) is 0. The van der Waals surface area contributed by atoms with Crippen LogP contribution in [-0.2, 0) is 0 Å². The lowest BCUT2D eigenvalue weighted by molar-refractivity contribution is 0.0971. The highest BCUT2D eigenvalue weighted by Gasteiger charge is 2.54. The number of fused-ring (bicyclic) bond motifs is 4. The third kappa shape index (κ3) is 3.50. The highest BCUT2D eigenvalue weighted by molar-refractivity contribution is 5.43. The molecule has 0 spiro atoms. The van der Waals surface area contributed by atoms with Crippen LogP contribution in [0.5, 0.6) is 0 Å². The van der Waals surface area contributed by atoms with E-state index in [1.165, 1.54) is 25.7 Å². The molecule has 0 aromatic carbocycles. The molecule has 4 rings (SSSR count). The molecule has 162 valence electrons. The first-order valence-corrected chi connectivity index (χ1v) is 12.4. The van der Waals surface area contributed by atoms with E-state index >= 15 is 0 Å². The topological polar surface area (TPSA) is 20.2 Å². The lowest BCUT2D eigenvalue weighted by atomic mass is 9.53. The van der Waals surface area contributed by atoms with Crippen LogP contribution < -0.4 is 0 Å². The highest BCUT2D eigenvalue weighted by atomic mass is 16.3. The Morgan fingerprint density at radius 1 is 1.03 bits per heavy atom. The SMILES string of the molecule is CC(C)[C@@H](C)/C=C/[C@@H](C)[C@H]1CC[C@H]2C3=C(CC[C@]12C)[C@@]1(C)CC[C@H](O)CC1=CC3. The number of allylic oxidation sites excluding steroid dienone is 5. The van der Waals surface area contributed by atoms with Crippen molar-refractivity contribution in [1.82, 2.24) is 0 Å². The molecule has 0 bridgehead atoms. The Labute approximate surface area is 179 Å². The van der Waals surface area contributed by atoms with Gasteiger partial charge in [0.25, 0.3) is 0 Å². The monoisotopic (exact) mass is 396 g/mol. The standard InChI is InChI=1S/C28H44O/c1-18(2)19(3)7-8-20(4)24-11-12-25-23-10-9-21-17-22(29)13-15-27(21,5)26(23)14-16-28(24,25)6/h7-9,18-20,22,24-25,29H,10-17H2,1-6H3/b8-7+/t19-,20+,22-,24+,25-,27-,28+/m0/s1. The number of aliphatic hydroxyl groups excluding tert-OH is 1. The summed E-state index contributed by atoms with van der Waals surface area (Å²) in [5, 5.41) is 10.2. The van der Waals surface area contributed by atoms with Gasteiger partial charge in [0, 0.05) is 5.41 Å². The van der Waals surface area contributed by atoms with Crippen LogP contribution in [0.2, 0.25) is 0 Å². The van der Waals surface area contributed by atoms with Gasteiger partial charge in [-0.3, -0.25) is 0 Å². The first kappa shape index (κ1) is 21.4. The normalized spacial score (nSPS) is 41.8. The van der Waals surface area contributed by atoms with Gasteiger partial charge in [-0.25, -0.2) is 0 Å². The molecule has 4 aliphatic carbocycles. The molecule has 1 nitrogen and oxygen atoms in total. The zero-order chi connectivity index (χ0) is 21.0. The fraction of sp³-hybridized carbons (Fsp3) is 0.786.